The van der Waals surface area contributed by atoms with E-state index >= 15 is 0 Å². The maximum Gasteiger partial charge on any atom is 0.243 e. The summed E-state index contributed by atoms with van der Waals surface area (Å²) in [5.41, 5.74) is 9.16. The molecular weight excluding hydrogens is 490 g/mol. The van der Waals surface area contributed by atoms with Gasteiger partial charge in [0.05, 0.1) is 12.0 Å². The molecule has 0 bridgehead atoms. The topological polar surface area (TPSA) is 46.6 Å². The summed E-state index contributed by atoms with van der Waals surface area (Å²) in [4.78, 5) is 0.344. The number of hydrogen-bond donors (Lipinski definition) is 0. The van der Waals surface area contributed by atoms with Gasteiger partial charge in [0.1, 0.15) is 5.75 Å². The van der Waals surface area contributed by atoms with Crippen LogP contribution in [0.1, 0.15) is 30.5 Å². The van der Waals surface area contributed by atoms with Crippen LogP contribution in [-0.4, -0.2) is 32.9 Å². The molecule has 0 amide bonds. The Bertz CT molecular complexity index is 1530. The van der Waals surface area contributed by atoms with Crippen LogP contribution < -0.4 is 4.74 Å². The van der Waals surface area contributed by atoms with Crippen molar-refractivity contribution in [3.8, 4) is 5.75 Å². The summed E-state index contributed by atoms with van der Waals surface area (Å²) in [7, 11) is -1.95. The molecule has 5 heteroatoms. The van der Waals surface area contributed by atoms with Gasteiger partial charge in [0.25, 0.3) is 0 Å². The quantitative estimate of drug-likeness (QED) is 0.354. The minimum absolute atomic E-state index is 0.0215. The highest BCUT2D eigenvalue weighted by molar-refractivity contribution is 7.89. The maximum absolute atomic E-state index is 13.8. The van der Waals surface area contributed by atoms with Crippen LogP contribution in [0.25, 0.3) is 5.57 Å². The molecule has 1 saturated heterocycles. The van der Waals surface area contributed by atoms with Gasteiger partial charge in [0.2, 0.25) is 10.0 Å². The highest BCUT2D eigenvalue weighted by Gasteiger charge is 2.46. The fourth-order valence-corrected chi connectivity index (χ4v) is 7.44. The zero-order valence-electron chi connectivity index (χ0n) is 22.6. The summed E-state index contributed by atoms with van der Waals surface area (Å²) in [5, 5.41) is 0. The Morgan fingerprint density at radius 3 is 2.29 bits per heavy atom. The molecule has 2 aliphatic rings. The smallest absolute Gasteiger partial charge is 0.243 e. The largest absolute Gasteiger partial charge is 0.497 e. The van der Waals surface area contributed by atoms with E-state index in [4.69, 9.17) is 4.74 Å². The zero-order valence-corrected chi connectivity index (χ0v) is 23.4. The monoisotopic (exact) mass is 525 g/mol. The first kappa shape index (κ1) is 26.2. The molecule has 0 saturated carbocycles. The van der Waals surface area contributed by atoms with Crippen molar-refractivity contribution in [3.63, 3.8) is 0 Å². The maximum atomic E-state index is 13.8. The summed E-state index contributed by atoms with van der Waals surface area (Å²) in [6, 6.07) is 25.8. The summed E-state index contributed by atoms with van der Waals surface area (Å²) >= 11 is 0. The predicted octanol–water partition coefficient (Wildman–Crippen LogP) is 6.84. The van der Waals surface area contributed by atoms with Crippen molar-refractivity contribution in [2.24, 2.45) is 11.8 Å². The Morgan fingerprint density at radius 2 is 1.63 bits per heavy atom. The van der Waals surface area contributed by atoms with Gasteiger partial charge in [0.15, 0.2) is 0 Å². The van der Waals surface area contributed by atoms with Gasteiger partial charge in [-0.15, -0.1) is 0 Å². The zero-order chi connectivity index (χ0) is 27.0. The van der Waals surface area contributed by atoms with E-state index in [0.29, 0.717) is 24.4 Å². The first-order valence-corrected chi connectivity index (χ1v) is 14.5. The number of benzene rings is 3. The van der Waals surface area contributed by atoms with Gasteiger partial charge < -0.3 is 4.74 Å². The van der Waals surface area contributed by atoms with Gasteiger partial charge in [-0.25, -0.2) is 8.42 Å². The molecule has 0 unspecified atom stereocenters. The molecule has 3 aromatic carbocycles. The van der Waals surface area contributed by atoms with Crippen LogP contribution in [0.5, 0.6) is 5.75 Å². The normalized spacial score (nSPS) is 20.0. The van der Waals surface area contributed by atoms with E-state index in [2.05, 4.69) is 56.8 Å². The van der Waals surface area contributed by atoms with E-state index in [9.17, 15) is 8.42 Å². The van der Waals surface area contributed by atoms with E-state index in [0.717, 1.165) is 33.6 Å². The van der Waals surface area contributed by atoms with Crippen LogP contribution in [0.4, 0.5) is 0 Å². The number of aryl methyl sites for hydroxylation is 1. The van der Waals surface area contributed by atoms with Crippen LogP contribution >= 0.6 is 0 Å². The molecule has 0 radical (unpaired) electrons. The molecular formula is C33H35NO3S. The van der Waals surface area contributed by atoms with E-state index in [1.807, 2.05) is 37.3 Å². The lowest BCUT2D eigenvalue weighted by Gasteiger charge is -2.36. The van der Waals surface area contributed by atoms with E-state index < -0.39 is 10.0 Å². The Morgan fingerprint density at radius 1 is 0.947 bits per heavy atom. The number of fused-ring (bicyclic) bond motifs is 1. The van der Waals surface area contributed by atoms with Crippen molar-refractivity contribution < 1.29 is 13.2 Å². The molecule has 1 fully saturated rings. The molecule has 0 aromatic heterocycles. The SMILES string of the molecule is C=C1C(=C(C)C)C(c2ccccc2)=C(Cc2cccc(OC)c2)[C@@H]2CN(S(=O)(=O)c3ccc(C)cc3)C[C@H]12. The number of methoxy groups -OCH3 is 1. The summed E-state index contributed by atoms with van der Waals surface area (Å²) < 4.78 is 34.7. The highest BCUT2D eigenvalue weighted by Crippen LogP contribution is 2.51. The minimum Gasteiger partial charge on any atom is -0.497 e. The predicted molar refractivity (Wildman–Crippen MR) is 154 cm³/mol. The van der Waals surface area contributed by atoms with Gasteiger partial charge in [-0.05, 0) is 79.3 Å². The number of ether oxygens (including phenoxy) is 1. The van der Waals surface area contributed by atoms with Gasteiger partial charge >= 0.3 is 0 Å². The van der Waals surface area contributed by atoms with Gasteiger partial charge in [-0.1, -0.05) is 77.9 Å². The number of rotatable bonds is 6. The van der Waals surface area contributed by atoms with Crippen molar-refractivity contribution in [1.82, 2.24) is 4.31 Å². The second kappa shape index (κ2) is 10.4. The van der Waals surface area contributed by atoms with Crippen molar-refractivity contribution >= 4 is 15.6 Å². The van der Waals surface area contributed by atoms with E-state index in [1.165, 1.54) is 16.7 Å². The molecule has 4 nitrogen and oxygen atoms in total. The molecule has 1 heterocycles. The third kappa shape index (κ3) is 4.77. The molecule has 0 spiro atoms. The van der Waals surface area contributed by atoms with Crippen molar-refractivity contribution in [2.45, 2.75) is 32.1 Å². The highest BCUT2D eigenvalue weighted by atomic mass is 32.2. The molecule has 2 atom stereocenters. The number of sulfonamides is 1. The summed E-state index contributed by atoms with van der Waals surface area (Å²) in [5.74, 6) is 0.874. The average Bonchev–Trinajstić information content (AvgIpc) is 3.38. The lowest BCUT2D eigenvalue weighted by molar-refractivity contribution is 0.414. The second-order valence-corrected chi connectivity index (χ2v) is 12.5. The van der Waals surface area contributed by atoms with Crippen LogP contribution in [0.2, 0.25) is 0 Å². The van der Waals surface area contributed by atoms with Crippen LogP contribution in [-0.2, 0) is 16.4 Å². The Labute approximate surface area is 227 Å². The van der Waals surface area contributed by atoms with E-state index in [1.54, 1.807) is 23.5 Å². The lowest BCUT2D eigenvalue weighted by atomic mass is 9.68. The molecule has 1 aliphatic carbocycles. The van der Waals surface area contributed by atoms with Crippen molar-refractivity contribution in [2.75, 3.05) is 20.2 Å². The Hall–Kier alpha value is -3.41. The summed E-state index contributed by atoms with van der Waals surface area (Å²) in [6.07, 6.45) is 0.713. The molecule has 196 valence electrons. The van der Waals surface area contributed by atoms with Gasteiger partial charge in [-0.3, -0.25) is 0 Å². The third-order valence-corrected chi connectivity index (χ3v) is 9.67. The second-order valence-electron chi connectivity index (χ2n) is 10.5. The number of hydrogen-bond acceptors (Lipinski definition) is 3. The Balaban J connectivity index is 1.66. The molecule has 1 aliphatic heterocycles. The van der Waals surface area contributed by atoms with Crippen molar-refractivity contribution in [3.05, 3.63) is 124 Å². The van der Waals surface area contributed by atoms with Gasteiger partial charge in [-0.2, -0.15) is 4.31 Å². The summed E-state index contributed by atoms with van der Waals surface area (Å²) in [6.45, 7) is 11.7. The standard InChI is InChI=1S/C33H35NO3S/c1-22(2)32-24(4)30-20-34(38(35,36)28-16-14-23(3)15-17-28)21-31(30)29(33(32)26-11-7-6-8-12-26)19-25-10-9-13-27(18-25)37-5/h6-18,30-31H,4,19-21H2,1-3,5H3/t30-,31+/m1/s1. The molecule has 0 N–H and O–H groups in total. The fourth-order valence-electron chi connectivity index (χ4n) is 5.95. The van der Waals surface area contributed by atoms with Crippen LogP contribution in [0, 0.1) is 18.8 Å². The number of allylic oxidation sites excluding steroid dienone is 3. The third-order valence-electron chi connectivity index (χ3n) is 7.82. The van der Waals surface area contributed by atoms with Crippen LogP contribution in [0.15, 0.2) is 113 Å². The molecule has 38 heavy (non-hydrogen) atoms. The van der Waals surface area contributed by atoms with Crippen LogP contribution in [0.3, 0.4) is 0 Å². The first-order chi connectivity index (χ1) is 18.2. The molecule has 3 aromatic rings. The minimum atomic E-state index is -3.63. The van der Waals surface area contributed by atoms with E-state index in [-0.39, 0.29) is 11.8 Å². The van der Waals surface area contributed by atoms with Gasteiger partial charge in [0, 0.05) is 24.9 Å². The molecule has 5 rings (SSSR count). The Kier molecular flexibility index (Phi) is 7.17. The lowest BCUT2D eigenvalue weighted by Crippen LogP contribution is -2.29. The van der Waals surface area contributed by atoms with Crippen molar-refractivity contribution in [1.29, 1.82) is 0 Å². The average molecular weight is 526 g/mol. The first-order valence-electron chi connectivity index (χ1n) is 13.1. The number of nitrogens with zero attached hydrogens (tertiary/aromatic N) is 1. The fraction of sp³-hybridized carbons (Fsp3) is 0.273.